The molecule has 3 unspecified atom stereocenters. The molecule has 3 aliphatic carbocycles. The number of phenolic OH excluding ortho intramolecular Hbond substituents is 1. The van der Waals surface area contributed by atoms with Crippen molar-refractivity contribution >= 4 is 50.1 Å². The van der Waals surface area contributed by atoms with E-state index >= 15 is 0 Å². The Balaban J connectivity index is 0.000000207. The van der Waals surface area contributed by atoms with Crippen LogP contribution in [0.25, 0.3) is 0 Å². The molecular formula is C78H89BNO18. The molecule has 7 aromatic rings. The lowest BCUT2D eigenvalue weighted by Gasteiger charge is -2.21. The molecule has 7 aromatic carbocycles. The van der Waals surface area contributed by atoms with Gasteiger partial charge in [-0.1, -0.05) is 140 Å². The van der Waals surface area contributed by atoms with Gasteiger partial charge in [0.1, 0.15) is 70.3 Å². The SMILES string of the molecule is CCOC(=O)Cc1ccc(OCc2ccccc2)cc1.CCOC(=O)[C@@]1(c2ccc(O)cc2)CC1C(=O)OC(C)(C)C.CCOC(=O)[C@@]1(c2ccc(OCc3ccccc3)cc2)CC1C(=O)NO.CCOC(=O)[C@@]1(c2ccc(OCc3ccccc3)cc2)CC1C(=O)OC(C)(C)C.[B]. The third-order valence-electron chi connectivity index (χ3n) is 16.1. The Morgan fingerprint density at radius 3 is 1.01 bits per heavy atom. The minimum Gasteiger partial charge on any atom is -0.508 e. The number of hydroxylamine groups is 1. The first kappa shape index (κ1) is 77.1. The minimum absolute atomic E-state index is 0. The maximum absolute atomic E-state index is 12.7. The van der Waals surface area contributed by atoms with Gasteiger partial charge in [0, 0.05) is 8.41 Å². The van der Waals surface area contributed by atoms with Crippen LogP contribution in [0.15, 0.2) is 188 Å². The van der Waals surface area contributed by atoms with E-state index in [1.54, 1.807) is 90.3 Å². The van der Waals surface area contributed by atoms with Crippen molar-refractivity contribution in [2.75, 3.05) is 26.4 Å². The Morgan fingerprint density at radius 2 is 0.704 bits per heavy atom. The number of hydrogen-bond acceptors (Lipinski definition) is 18. The zero-order valence-electron chi connectivity index (χ0n) is 57.4. The highest BCUT2D eigenvalue weighted by Crippen LogP contribution is 2.58. The van der Waals surface area contributed by atoms with Crippen LogP contribution in [0.2, 0.25) is 0 Å². The summed E-state index contributed by atoms with van der Waals surface area (Å²) in [6.45, 7) is 20.4. The van der Waals surface area contributed by atoms with Crippen LogP contribution < -0.4 is 19.7 Å². The van der Waals surface area contributed by atoms with Crippen LogP contribution in [0.3, 0.4) is 0 Å². The van der Waals surface area contributed by atoms with E-state index in [1.165, 1.54) is 12.1 Å². The zero-order valence-corrected chi connectivity index (χ0v) is 57.4. The second kappa shape index (κ2) is 35.3. The number of hydrogen-bond donors (Lipinski definition) is 3. The highest BCUT2D eigenvalue weighted by atomic mass is 16.6. The first-order chi connectivity index (χ1) is 46.4. The van der Waals surface area contributed by atoms with Crippen molar-refractivity contribution in [3.63, 3.8) is 0 Å². The predicted octanol–water partition coefficient (Wildman–Crippen LogP) is 12.6. The number of amides is 1. The number of carbonyl (C=O) groups is 7. The van der Waals surface area contributed by atoms with Crippen LogP contribution in [-0.2, 0) is 104 Å². The molecular weight excluding hydrogens is 1250 g/mol. The van der Waals surface area contributed by atoms with Crippen LogP contribution in [0.1, 0.15) is 127 Å². The van der Waals surface area contributed by atoms with E-state index in [4.69, 9.17) is 47.8 Å². The molecule has 20 heteroatoms. The molecule has 0 aromatic heterocycles. The first-order valence-electron chi connectivity index (χ1n) is 32.5. The molecule has 517 valence electrons. The van der Waals surface area contributed by atoms with Gasteiger partial charge in [-0.2, -0.15) is 0 Å². The van der Waals surface area contributed by atoms with Gasteiger partial charge in [-0.15, -0.1) is 0 Å². The average molecular weight is 1340 g/mol. The van der Waals surface area contributed by atoms with Crippen LogP contribution in [-0.4, -0.2) is 98.1 Å². The van der Waals surface area contributed by atoms with Crippen molar-refractivity contribution in [2.45, 2.75) is 142 Å². The maximum Gasteiger partial charge on any atom is 0.317 e. The molecule has 0 spiro atoms. The van der Waals surface area contributed by atoms with Crippen LogP contribution in [0, 0.1) is 17.8 Å². The summed E-state index contributed by atoms with van der Waals surface area (Å²) in [7, 11) is 0. The number of aromatic hydroxyl groups is 1. The fraction of sp³-hybridized carbons (Fsp3) is 0.372. The molecule has 19 nitrogen and oxygen atoms in total. The largest absolute Gasteiger partial charge is 0.508 e. The van der Waals surface area contributed by atoms with Crippen molar-refractivity contribution in [1.82, 2.24) is 5.48 Å². The predicted molar refractivity (Wildman–Crippen MR) is 367 cm³/mol. The topological polar surface area (TPSA) is 255 Å². The molecule has 3 aliphatic rings. The Hall–Kier alpha value is -9.95. The lowest BCUT2D eigenvalue weighted by Crippen LogP contribution is -2.32. The fourth-order valence-electron chi connectivity index (χ4n) is 11.0. The second-order valence-corrected chi connectivity index (χ2v) is 25.4. The number of nitrogens with one attached hydrogen (secondary N) is 1. The standard InChI is InChI=1S/C24H28O5.C20H21NO5.C17H22O5.C17H18O3.B/c1-5-27-22(26)24(15-20(24)21(25)29-23(2,3)4)18-11-13-19(14-12-18)28-16-17-9-7-6-8-10-17;1-2-25-19(23)20(12-17(20)18(22)21-24)15-8-10-16(11-9-15)26-13-14-6-4-3-5-7-14;1-5-21-15(20)17(11-6-8-12(18)9-7-11)10-13(17)14(19)22-16(2,3)4;1-2-19-17(18)12-14-8-10-16(11-9-14)20-13-15-6-4-3-5-7-15;/h6-14,20H,5,15-16H2,1-4H3;3-11,17,24H,2,12-13H2,1H3,(H,21,22);6-9,13,18H,5,10H2,1-4H3;3-11H,2,12-13H2,1H3;/t20?,24-;17?,20-;13?,17-;;/m111../s1. The monoisotopic (exact) mass is 1340 g/mol. The molecule has 0 heterocycles. The van der Waals surface area contributed by atoms with Crippen LogP contribution >= 0.6 is 0 Å². The number of ether oxygens (including phenoxy) is 9. The normalized spacial score (nSPS) is 19.0. The molecule has 3 saturated carbocycles. The van der Waals surface area contributed by atoms with Gasteiger partial charge in [0.15, 0.2) is 0 Å². The molecule has 0 saturated heterocycles. The first-order valence-corrected chi connectivity index (χ1v) is 32.5. The molecule has 3 fully saturated rings. The molecule has 10 rings (SSSR count). The van der Waals surface area contributed by atoms with Crippen LogP contribution in [0.4, 0.5) is 0 Å². The summed E-state index contributed by atoms with van der Waals surface area (Å²) in [4.78, 5) is 85.6. The summed E-state index contributed by atoms with van der Waals surface area (Å²) >= 11 is 0. The summed E-state index contributed by atoms with van der Waals surface area (Å²) in [5, 5.41) is 18.3. The lowest BCUT2D eigenvalue weighted by atomic mass is 9.93. The van der Waals surface area contributed by atoms with Crippen molar-refractivity contribution < 1.29 is 86.5 Å². The molecule has 0 bridgehead atoms. The summed E-state index contributed by atoms with van der Waals surface area (Å²) < 4.78 is 48.7. The summed E-state index contributed by atoms with van der Waals surface area (Å²) in [6.07, 6.45) is 1.37. The van der Waals surface area contributed by atoms with Gasteiger partial charge in [-0.3, -0.25) is 38.8 Å². The van der Waals surface area contributed by atoms with E-state index in [1.807, 2.05) is 160 Å². The van der Waals surface area contributed by atoms with Gasteiger partial charge < -0.3 is 47.7 Å². The molecule has 3 N–H and O–H groups in total. The smallest absolute Gasteiger partial charge is 0.317 e. The number of rotatable bonds is 24. The molecule has 3 radical (unpaired) electrons. The summed E-state index contributed by atoms with van der Waals surface area (Å²) in [6, 6.07) is 57.9. The Kier molecular flexibility index (Phi) is 27.8. The van der Waals surface area contributed by atoms with Crippen molar-refractivity contribution in [3.8, 4) is 23.0 Å². The third-order valence-corrected chi connectivity index (χ3v) is 16.1. The molecule has 98 heavy (non-hydrogen) atoms. The maximum atomic E-state index is 12.7. The molecule has 0 aliphatic heterocycles. The van der Waals surface area contributed by atoms with Crippen molar-refractivity contribution in [1.29, 1.82) is 0 Å². The Bertz CT molecular complexity index is 3710. The average Bonchev–Trinajstić information content (AvgIpc) is 1.57. The Morgan fingerprint density at radius 1 is 0.408 bits per heavy atom. The molecule has 1 amide bonds. The van der Waals surface area contributed by atoms with E-state index in [-0.39, 0.29) is 51.9 Å². The van der Waals surface area contributed by atoms with Gasteiger partial charge in [0.2, 0.25) is 5.91 Å². The number of phenols is 1. The quantitative estimate of drug-likeness (QED) is 0.0167. The molecule has 6 atom stereocenters. The van der Waals surface area contributed by atoms with E-state index in [2.05, 4.69) is 0 Å². The lowest BCUT2D eigenvalue weighted by molar-refractivity contribution is -0.160. The Labute approximate surface area is 575 Å². The highest BCUT2D eigenvalue weighted by molar-refractivity contribution is 5.99. The zero-order chi connectivity index (χ0) is 70.4. The van der Waals surface area contributed by atoms with Crippen molar-refractivity contribution in [3.05, 3.63) is 227 Å². The fourth-order valence-corrected chi connectivity index (χ4v) is 11.0. The van der Waals surface area contributed by atoms with Gasteiger partial charge in [-0.05, 0) is 176 Å². The van der Waals surface area contributed by atoms with E-state index in [0.29, 0.717) is 74.7 Å². The van der Waals surface area contributed by atoms with E-state index in [9.17, 15) is 38.7 Å². The minimum atomic E-state index is -1.04. The highest BCUT2D eigenvalue weighted by Gasteiger charge is 2.68. The second-order valence-electron chi connectivity index (χ2n) is 25.4. The van der Waals surface area contributed by atoms with E-state index in [0.717, 1.165) is 33.6 Å². The number of esters is 6. The van der Waals surface area contributed by atoms with Gasteiger partial charge >= 0.3 is 35.8 Å². The van der Waals surface area contributed by atoms with Gasteiger partial charge in [0.25, 0.3) is 0 Å². The summed E-state index contributed by atoms with van der Waals surface area (Å²) in [5.41, 5.74) is 3.69. The van der Waals surface area contributed by atoms with Crippen LogP contribution in [0.5, 0.6) is 23.0 Å². The van der Waals surface area contributed by atoms with Crippen molar-refractivity contribution in [2.24, 2.45) is 17.8 Å². The number of carbonyl (C=O) groups excluding carboxylic acids is 7. The number of benzene rings is 7. The third kappa shape index (κ3) is 21.0. The van der Waals surface area contributed by atoms with E-state index < -0.39 is 69.0 Å². The summed E-state index contributed by atoms with van der Waals surface area (Å²) in [5.74, 6) is -2.24. The van der Waals surface area contributed by atoms with Gasteiger partial charge in [-0.25, -0.2) is 5.48 Å². The van der Waals surface area contributed by atoms with Gasteiger partial charge in [0.05, 0.1) is 50.6 Å².